The van der Waals surface area contributed by atoms with Crippen molar-refractivity contribution in [2.24, 2.45) is 0 Å². The van der Waals surface area contributed by atoms with Gasteiger partial charge in [-0.25, -0.2) is 16.8 Å². The van der Waals surface area contributed by atoms with E-state index in [1.54, 1.807) is 12.1 Å². The standard InChI is InChI=1S/C27H30ClN3O5S2/c1-21-6-2-3-7-23(21)19-31(38(35,36)26-14-10-24(28)11-15-26)20-27(32)29-18-22-8-12-25(13-9-22)37(33,34)30-16-4-5-17-30/h2-3,6-15H,4-5,16-20H2,1H3,(H,29,32). The number of nitrogens with one attached hydrogen (secondary N) is 1. The van der Waals surface area contributed by atoms with Gasteiger partial charge in [0.05, 0.1) is 16.3 Å². The van der Waals surface area contributed by atoms with Crippen molar-refractivity contribution >= 4 is 37.6 Å². The fourth-order valence-electron chi connectivity index (χ4n) is 4.23. The van der Waals surface area contributed by atoms with Crippen LogP contribution in [0, 0.1) is 6.92 Å². The number of carbonyl (C=O) groups excluding carboxylic acids is 1. The molecular formula is C27H30ClN3O5S2. The molecule has 0 spiro atoms. The Morgan fingerprint density at radius 3 is 2.13 bits per heavy atom. The second-order valence-electron chi connectivity index (χ2n) is 9.19. The lowest BCUT2D eigenvalue weighted by Gasteiger charge is -2.23. The molecule has 0 aliphatic carbocycles. The highest BCUT2D eigenvalue weighted by molar-refractivity contribution is 7.89. The molecule has 4 rings (SSSR count). The van der Waals surface area contributed by atoms with Crippen LogP contribution in [-0.2, 0) is 37.9 Å². The third kappa shape index (κ3) is 6.62. The first-order valence-corrected chi connectivity index (χ1v) is 15.5. The van der Waals surface area contributed by atoms with Crippen molar-refractivity contribution in [2.75, 3.05) is 19.6 Å². The van der Waals surface area contributed by atoms with Gasteiger partial charge in [0.25, 0.3) is 0 Å². The molecule has 0 radical (unpaired) electrons. The molecule has 11 heteroatoms. The highest BCUT2D eigenvalue weighted by Crippen LogP contribution is 2.23. The number of amides is 1. The number of halogens is 1. The summed E-state index contributed by atoms with van der Waals surface area (Å²) in [5, 5.41) is 3.16. The molecule has 0 saturated carbocycles. The number of carbonyl (C=O) groups is 1. The van der Waals surface area contributed by atoms with E-state index in [-0.39, 0.29) is 29.4 Å². The molecule has 1 aliphatic heterocycles. The molecule has 1 aliphatic rings. The summed E-state index contributed by atoms with van der Waals surface area (Å²) in [5.74, 6) is -0.482. The third-order valence-corrected chi connectivity index (χ3v) is 10.5. The zero-order valence-electron chi connectivity index (χ0n) is 21.0. The molecule has 3 aromatic rings. The average molecular weight is 576 g/mol. The number of hydrogen-bond acceptors (Lipinski definition) is 5. The van der Waals surface area contributed by atoms with Crippen molar-refractivity contribution in [3.63, 3.8) is 0 Å². The van der Waals surface area contributed by atoms with Gasteiger partial charge in [0.2, 0.25) is 26.0 Å². The summed E-state index contributed by atoms with van der Waals surface area (Å²) < 4.78 is 55.0. The Labute approximate surface area is 229 Å². The molecule has 1 heterocycles. The number of benzene rings is 3. The number of sulfonamides is 2. The Morgan fingerprint density at radius 1 is 0.895 bits per heavy atom. The van der Waals surface area contributed by atoms with E-state index in [1.165, 1.54) is 40.7 Å². The Kier molecular flexibility index (Phi) is 8.89. The maximum absolute atomic E-state index is 13.5. The summed E-state index contributed by atoms with van der Waals surface area (Å²) in [6.45, 7) is 2.70. The molecule has 1 saturated heterocycles. The Morgan fingerprint density at radius 2 is 1.50 bits per heavy atom. The van der Waals surface area contributed by atoms with E-state index in [1.807, 2.05) is 31.2 Å². The first-order valence-electron chi connectivity index (χ1n) is 12.2. The molecule has 0 aromatic heterocycles. The molecule has 202 valence electrons. The van der Waals surface area contributed by atoms with Crippen molar-refractivity contribution in [1.29, 1.82) is 0 Å². The van der Waals surface area contributed by atoms with Crippen LogP contribution in [0.1, 0.15) is 29.5 Å². The smallest absolute Gasteiger partial charge is 0.243 e. The maximum atomic E-state index is 13.5. The van der Waals surface area contributed by atoms with Crippen LogP contribution in [-0.4, -0.2) is 51.0 Å². The summed E-state index contributed by atoms with van der Waals surface area (Å²) in [4.78, 5) is 13.1. The van der Waals surface area contributed by atoms with Gasteiger partial charge in [-0.1, -0.05) is 48.0 Å². The lowest BCUT2D eigenvalue weighted by atomic mass is 10.1. The maximum Gasteiger partial charge on any atom is 0.243 e. The lowest BCUT2D eigenvalue weighted by Crippen LogP contribution is -2.40. The Hall–Kier alpha value is -2.76. The fourth-order valence-corrected chi connectivity index (χ4v) is 7.25. The summed E-state index contributed by atoms with van der Waals surface area (Å²) in [5.41, 5.74) is 2.39. The molecule has 3 aromatic carbocycles. The van der Waals surface area contributed by atoms with Crippen LogP contribution < -0.4 is 5.32 Å². The predicted octanol–water partition coefficient (Wildman–Crippen LogP) is 3.94. The highest BCUT2D eigenvalue weighted by atomic mass is 35.5. The van der Waals surface area contributed by atoms with E-state index in [0.717, 1.165) is 28.3 Å². The van der Waals surface area contributed by atoms with E-state index in [9.17, 15) is 21.6 Å². The molecule has 0 unspecified atom stereocenters. The number of rotatable bonds is 10. The van der Waals surface area contributed by atoms with Gasteiger partial charge in [-0.15, -0.1) is 0 Å². The number of aryl methyl sites for hydroxylation is 1. The summed E-state index contributed by atoms with van der Waals surface area (Å²) in [6.07, 6.45) is 1.72. The van der Waals surface area contributed by atoms with Crippen LogP contribution in [0.5, 0.6) is 0 Å². The summed E-state index contributed by atoms with van der Waals surface area (Å²) in [7, 11) is -7.52. The molecule has 1 amide bonds. The molecule has 0 atom stereocenters. The topological polar surface area (TPSA) is 104 Å². The van der Waals surface area contributed by atoms with Crippen molar-refractivity contribution in [3.8, 4) is 0 Å². The van der Waals surface area contributed by atoms with Crippen LogP contribution in [0.15, 0.2) is 82.6 Å². The zero-order valence-corrected chi connectivity index (χ0v) is 23.4. The van der Waals surface area contributed by atoms with Crippen LogP contribution in [0.2, 0.25) is 5.02 Å². The van der Waals surface area contributed by atoms with Crippen molar-refractivity contribution < 1.29 is 21.6 Å². The first kappa shape index (κ1) is 28.3. The van der Waals surface area contributed by atoms with Gasteiger partial charge in [0.1, 0.15) is 0 Å². The summed E-state index contributed by atoms with van der Waals surface area (Å²) in [6, 6.07) is 19.6. The number of nitrogens with zero attached hydrogens (tertiary/aromatic N) is 2. The van der Waals surface area contributed by atoms with Crippen molar-refractivity contribution in [2.45, 2.75) is 42.6 Å². The minimum atomic E-state index is -4.00. The zero-order chi connectivity index (χ0) is 27.3. The molecule has 0 bridgehead atoms. The van der Waals surface area contributed by atoms with Gasteiger partial charge in [-0.05, 0) is 72.9 Å². The van der Waals surface area contributed by atoms with Gasteiger partial charge in [0, 0.05) is 31.2 Å². The summed E-state index contributed by atoms with van der Waals surface area (Å²) >= 11 is 5.93. The van der Waals surface area contributed by atoms with E-state index >= 15 is 0 Å². The van der Waals surface area contributed by atoms with E-state index < -0.39 is 26.0 Å². The monoisotopic (exact) mass is 575 g/mol. The second-order valence-corrected chi connectivity index (χ2v) is 13.5. The van der Waals surface area contributed by atoms with Crippen LogP contribution in [0.3, 0.4) is 0 Å². The second kappa shape index (κ2) is 12.0. The Balaban J connectivity index is 1.46. The van der Waals surface area contributed by atoms with E-state index in [2.05, 4.69) is 5.32 Å². The Bertz CT molecular complexity index is 1490. The predicted molar refractivity (Wildman–Crippen MR) is 147 cm³/mol. The average Bonchev–Trinajstić information content (AvgIpc) is 3.45. The van der Waals surface area contributed by atoms with Gasteiger partial charge >= 0.3 is 0 Å². The highest BCUT2D eigenvalue weighted by Gasteiger charge is 2.28. The lowest BCUT2D eigenvalue weighted by molar-refractivity contribution is -0.121. The van der Waals surface area contributed by atoms with E-state index in [4.69, 9.17) is 11.6 Å². The minimum Gasteiger partial charge on any atom is -0.351 e. The fraction of sp³-hybridized carbons (Fsp3) is 0.296. The van der Waals surface area contributed by atoms with Gasteiger partial charge in [-0.3, -0.25) is 4.79 Å². The van der Waals surface area contributed by atoms with Crippen LogP contribution in [0.4, 0.5) is 0 Å². The van der Waals surface area contributed by atoms with Crippen LogP contribution >= 0.6 is 11.6 Å². The van der Waals surface area contributed by atoms with Crippen molar-refractivity contribution in [1.82, 2.24) is 13.9 Å². The van der Waals surface area contributed by atoms with Gasteiger partial charge in [0.15, 0.2) is 0 Å². The first-order chi connectivity index (χ1) is 18.1. The molecule has 38 heavy (non-hydrogen) atoms. The van der Waals surface area contributed by atoms with Crippen LogP contribution in [0.25, 0.3) is 0 Å². The molecule has 1 fully saturated rings. The normalized spacial score (nSPS) is 14.6. The molecular weight excluding hydrogens is 546 g/mol. The third-order valence-electron chi connectivity index (χ3n) is 6.50. The van der Waals surface area contributed by atoms with E-state index in [0.29, 0.717) is 23.7 Å². The molecule has 8 nitrogen and oxygen atoms in total. The SMILES string of the molecule is Cc1ccccc1CN(CC(=O)NCc1ccc(S(=O)(=O)N2CCCC2)cc1)S(=O)(=O)c1ccc(Cl)cc1. The van der Waals surface area contributed by atoms with Gasteiger partial charge < -0.3 is 5.32 Å². The number of hydrogen-bond donors (Lipinski definition) is 1. The quantitative estimate of drug-likeness (QED) is 0.394. The van der Waals surface area contributed by atoms with Crippen molar-refractivity contribution in [3.05, 3.63) is 94.5 Å². The minimum absolute atomic E-state index is 0.0219. The molecule has 1 N–H and O–H groups in total. The van der Waals surface area contributed by atoms with Gasteiger partial charge in [-0.2, -0.15) is 8.61 Å². The largest absolute Gasteiger partial charge is 0.351 e.